The number of carbonyl (C=O) groups excluding carboxylic acids is 1. The van der Waals surface area contributed by atoms with Gasteiger partial charge >= 0.3 is 0 Å². The van der Waals surface area contributed by atoms with Crippen molar-refractivity contribution in [3.05, 3.63) is 34.9 Å². The Labute approximate surface area is 141 Å². The third-order valence-corrected chi connectivity index (χ3v) is 4.84. The van der Waals surface area contributed by atoms with Crippen molar-refractivity contribution in [1.29, 1.82) is 0 Å². The molecule has 23 heavy (non-hydrogen) atoms. The van der Waals surface area contributed by atoms with Crippen LogP contribution in [0.25, 0.3) is 0 Å². The zero-order valence-corrected chi connectivity index (χ0v) is 13.7. The first kappa shape index (κ1) is 16.3. The predicted octanol–water partition coefficient (Wildman–Crippen LogP) is 2.22. The summed E-state index contributed by atoms with van der Waals surface area (Å²) in [4.78, 5) is 14.0. The second-order valence-corrected chi connectivity index (χ2v) is 6.66. The van der Waals surface area contributed by atoms with Crippen LogP contribution in [0, 0.1) is 11.8 Å². The summed E-state index contributed by atoms with van der Waals surface area (Å²) in [5.74, 6) is 5.41. The van der Waals surface area contributed by atoms with E-state index in [1.165, 1.54) is 0 Å². The fourth-order valence-electron chi connectivity index (χ4n) is 3.21. The highest BCUT2D eigenvalue weighted by Crippen LogP contribution is 2.34. The molecule has 1 aromatic carbocycles. The zero-order chi connectivity index (χ0) is 16.3. The van der Waals surface area contributed by atoms with Crippen LogP contribution >= 0.6 is 11.6 Å². The number of halogens is 1. The molecule has 0 aliphatic carbocycles. The molecule has 1 amide bonds. The minimum Gasteiger partial charge on any atom is -0.393 e. The van der Waals surface area contributed by atoms with Crippen LogP contribution in [0.5, 0.6) is 0 Å². The van der Waals surface area contributed by atoms with Crippen LogP contribution in [0.2, 0.25) is 5.02 Å². The minimum atomic E-state index is -0.282. The number of rotatable bonds is 0. The van der Waals surface area contributed by atoms with Crippen LogP contribution in [0.15, 0.2) is 24.3 Å². The first-order valence-electron chi connectivity index (χ1n) is 7.95. The lowest BCUT2D eigenvalue weighted by atomic mass is 9.83. The number of likely N-dealkylation sites (tertiary alicyclic amines) is 1. The van der Waals surface area contributed by atoms with E-state index in [0.717, 1.165) is 18.4 Å². The Hall–Kier alpha value is -1.54. The summed E-state index contributed by atoms with van der Waals surface area (Å²) < 4.78 is 5.90. The Morgan fingerprint density at radius 3 is 2.65 bits per heavy atom. The molecule has 2 aliphatic heterocycles. The van der Waals surface area contributed by atoms with E-state index < -0.39 is 0 Å². The second-order valence-electron chi connectivity index (χ2n) is 6.23. The Morgan fingerprint density at radius 1 is 1.30 bits per heavy atom. The fourth-order valence-corrected chi connectivity index (χ4v) is 3.33. The lowest BCUT2D eigenvalue weighted by molar-refractivity contribution is -0.150. The van der Waals surface area contributed by atoms with Crippen molar-refractivity contribution in [2.24, 2.45) is 0 Å². The number of nitrogens with zero attached hydrogens (tertiary/aromatic N) is 1. The molecular weight excluding hydrogens is 314 g/mol. The molecule has 3 rings (SSSR count). The van der Waals surface area contributed by atoms with Crippen LogP contribution in [0.1, 0.15) is 31.2 Å². The molecule has 1 atom stereocenters. The molecule has 2 aliphatic rings. The molecule has 2 fully saturated rings. The normalized spacial score (nSPS) is 23.2. The van der Waals surface area contributed by atoms with Gasteiger partial charge in [-0.3, -0.25) is 4.79 Å². The van der Waals surface area contributed by atoms with E-state index in [2.05, 4.69) is 11.8 Å². The van der Waals surface area contributed by atoms with Crippen molar-refractivity contribution in [1.82, 2.24) is 4.90 Å². The summed E-state index contributed by atoms with van der Waals surface area (Å²) in [6, 6.07) is 7.11. The number of ether oxygens (including phenoxy) is 1. The van der Waals surface area contributed by atoms with Crippen LogP contribution in [-0.4, -0.2) is 47.3 Å². The standard InChI is InChI=1S/C18H20ClNO3/c19-15-4-1-14(2-5-15)3-6-17(22)20-10-8-18(9-11-20)13-16(21)7-12-23-18/h1-2,4-5,16,21H,7-13H2. The van der Waals surface area contributed by atoms with Gasteiger partial charge in [0.1, 0.15) is 0 Å². The zero-order valence-electron chi connectivity index (χ0n) is 12.9. The molecule has 2 heterocycles. The highest BCUT2D eigenvalue weighted by molar-refractivity contribution is 6.30. The number of amides is 1. The smallest absolute Gasteiger partial charge is 0.298 e. The van der Waals surface area contributed by atoms with Crippen molar-refractivity contribution in [2.45, 2.75) is 37.4 Å². The molecule has 4 nitrogen and oxygen atoms in total. The van der Waals surface area contributed by atoms with Crippen molar-refractivity contribution >= 4 is 17.5 Å². The largest absolute Gasteiger partial charge is 0.393 e. The summed E-state index contributed by atoms with van der Waals surface area (Å²) in [7, 11) is 0. The van der Waals surface area contributed by atoms with E-state index in [1.807, 2.05) is 0 Å². The summed E-state index contributed by atoms with van der Waals surface area (Å²) in [6.45, 7) is 1.85. The van der Waals surface area contributed by atoms with Crippen LogP contribution in [0.3, 0.4) is 0 Å². The lowest BCUT2D eigenvalue weighted by Gasteiger charge is -2.44. The Bertz CT molecular complexity index is 624. The number of aliphatic hydroxyl groups excluding tert-OH is 1. The summed E-state index contributed by atoms with van der Waals surface area (Å²) in [6.07, 6.45) is 2.62. The number of hydrogen-bond acceptors (Lipinski definition) is 3. The van der Waals surface area contributed by atoms with Gasteiger partial charge in [0, 0.05) is 42.6 Å². The van der Waals surface area contributed by atoms with E-state index in [9.17, 15) is 9.90 Å². The second kappa shape index (κ2) is 6.92. The van der Waals surface area contributed by atoms with Gasteiger partial charge in [-0.05, 0) is 43.5 Å². The van der Waals surface area contributed by atoms with Gasteiger partial charge in [0.05, 0.1) is 11.7 Å². The Balaban J connectivity index is 1.57. The van der Waals surface area contributed by atoms with E-state index in [1.54, 1.807) is 29.2 Å². The van der Waals surface area contributed by atoms with Gasteiger partial charge in [0.25, 0.3) is 5.91 Å². The maximum atomic E-state index is 12.2. The van der Waals surface area contributed by atoms with Gasteiger partial charge in [-0.25, -0.2) is 0 Å². The van der Waals surface area contributed by atoms with Crippen molar-refractivity contribution in [2.75, 3.05) is 19.7 Å². The molecule has 1 N–H and O–H groups in total. The summed E-state index contributed by atoms with van der Waals surface area (Å²) in [5, 5.41) is 10.5. The Kier molecular flexibility index (Phi) is 4.91. The first-order valence-corrected chi connectivity index (χ1v) is 8.33. The molecule has 0 saturated carbocycles. The monoisotopic (exact) mass is 333 g/mol. The third-order valence-electron chi connectivity index (χ3n) is 4.59. The average Bonchev–Trinajstić information content (AvgIpc) is 2.54. The maximum absolute atomic E-state index is 12.2. The molecule has 1 unspecified atom stereocenters. The average molecular weight is 334 g/mol. The van der Waals surface area contributed by atoms with E-state index in [4.69, 9.17) is 16.3 Å². The third kappa shape index (κ3) is 4.06. The van der Waals surface area contributed by atoms with Crippen LogP contribution in [0.4, 0.5) is 0 Å². The number of piperidine rings is 1. The minimum absolute atomic E-state index is 0.161. The molecule has 1 spiro atoms. The first-order chi connectivity index (χ1) is 11.1. The SMILES string of the molecule is O=C(C#Cc1ccc(Cl)cc1)N1CCC2(CC1)CC(O)CCO2. The summed E-state index contributed by atoms with van der Waals surface area (Å²) >= 11 is 5.82. The molecule has 0 bridgehead atoms. The number of benzene rings is 1. The van der Waals surface area contributed by atoms with Crippen molar-refractivity contribution < 1.29 is 14.6 Å². The number of hydrogen-bond donors (Lipinski definition) is 1. The number of aliphatic hydroxyl groups is 1. The molecular formula is C18H20ClNO3. The van der Waals surface area contributed by atoms with Crippen LogP contribution in [-0.2, 0) is 9.53 Å². The van der Waals surface area contributed by atoms with Crippen molar-refractivity contribution in [3.63, 3.8) is 0 Å². The van der Waals surface area contributed by atoms with E-state index >= 15 is 0 Å². The van der Waals surface area contributed by atoms with E-state index in [0.29, 0.717) is 37.6 Å². The van der Waals surface area contributed by atoms with Crippen molar-refractivity contribution in [3.8, 4) is 11.8 Å². The topological polar surface area (TPSA) is 49.8 Å². The molecule has 0 radical (unpaired) electrons. The van der Waals surface area contributed by atoms with Gasteiger partial charge in [-0.15, -0.1) is 0 Å². The van der Waals surface area contributed by atoms with Crippen LogP contribution < -0.4 is 0 Å². The molecule has 2 saturated heterocycles. The van der Waals surface area contributed by atoms with Gasteiger partial charge < -0.3 is 14.7 Å². The fraction of sp³-hybridized carbons (Fsp3) is 0.500. The van der Waals surface area contributed by atoms with Gasteiger partial charge in [-0.2, -0.15) is 0 Å². The summed E-state index contributed by atoms with van der Waals surface area (Å²) in [5.41, 5.74) is 0.521. The quantitative estimate of drug-likeness (QED) is 0.741. The van der Waals surface area contributed by atoms with Gasteiger partial charge in [-0.1, -0.05) is 17.5 Å². The Morgan fingerprint density at radius 2 is 2.00 bits per heavy atom. The predicted molar refractivity (Wildman–Crippen MR) is 88.1 cm³/mol. The van der Waals surface area contributed by atoms with E-state index in [-0.39, 0.29) is 17.6 Å². The molecule has 0 aromatic heterocycles. The van der Waals surface area contributed by atoms with Gasteiger partial charge in [0.15, 0.2) is 0 Å². The molecule has 1 aromatic rings. The van der Waals surface area contributed by atoms with Gasteiger partial charge in [0.2, 0.25) is 0 Å². The highest BCUT2D eigenvalue weighted by Gasteiger charge is 2.40. The highest BCUT2D eigenvalue weighted by atomic mass is 35.5. The molecule has 5 heteroatoms. The molecule has 122 valence electrons. The number of carbonyl (C=O) groups is 1. The lowest BCUT2D eigenvalue weighted by Crippen LogP contribution is -2.51. The maximum Gasteiger partial charge on any atom is 0.298 e.